The van der Waals surface area contributed by atoms with E-state index >= 15 is 0 Å². The minimum atomic E-state index is -3.99. The number of sulfonamides is 1. The summed E-state index contributed by atoms with van der Waals surface area (Å²) in [6.45, 7) is 8.39. The van der Waals surface area contributed by atoms with Crippen LogP contribution >= 0.6 is 0 Å². The second-order valence-electron chi connectivity index (χ2n) is 18.3. The van der Waals surface area contributed by atoms with Crippen molar-refractivity contribution in [3.05, 3.63) is 89.2 Å². The molecule has 0 aliphatic carbocycles. The molecule has 63 heavy (non-hydrogen) atoms. The van der Waals surface area contributed by atoms with Crippen molar-refractivity contribution in [2.24, 2.45) is 11.3 Å². The van der Waals surface area contributed by atoms with Gasteiger partial charge in [0, 0.05) is 87.0 Å². The second kappa shape index (κ2) is 15.7. The summed E-state index contributed by atoms with van der Waals surface area (Å²) in [6.07, 6.45) is 10.6. The molecule has 328 valence electrons. The molecule has 4 fully saturated rings. The number of rotatable bonds is 10. The maximum Gasteiger partial charge on any atom is 0.263 e. The summed E-state index contributed by atoms with van der Waals surface area (Å²) in [5.41, 5.74) is 6.38. The lowest BCUT2D eigenvalue weighted by Gasteiger charge is -2.47. The fraction of sp³-hybridized carbons (Fsp3) is 0.457. The Labute approximate surface area is 365 Å². The van der Waals surface area contributed by atoms with E-state index in [1.54, 1.807) is 23.2 Å². The number of amides is 3. The second-order valence-corrected chi connectivity index (χ2v) is 20.0. The van der Waals surface area contributed by atoms with Gasteiger partial charge in [0.1, 0.15) is 17.2 Å². The Balaban J connectivity index is 0.676. The molecule has 4 saturated heterocycles. The molecule has 2 atom stereocenters. The summed E-state index contributed by atoms with van der Waals surface area (Å²) in [6, 6.07) is 16.4. The first-order chi connectivity index (χ1) is 30.6. The van der Waals surface area contributed by atoms with E-state index in [0.29, 0.717) is 66.2 Å². The molecule has 0 bridgehead atoms. The first-order valence-electron chi connectivity index (χ1n) is 22.3. The van der Waals surface area contributed by atoms with Crippen LogP contribution in [0.5, 0.6) is 5.75 Å². The molecule has 17 heteroatoms. The van der Waals surface area contributed by atoms with Crippen LogP contribution in [0.25, 0.3) is 11.0 Å². The van der Waals surface area contributed by atoms with Gasteiger partial charge in [-0.25, -0.2) is 8.42 Å². The van der Waals surface area contributed by atoms with Gasteiger partial charge in [0.2, 0.25) is 11.8 Å². The van der Waals surface area contributed by atoms with Crippen molar-refractivity contribution in [1.82, 2.24) is 30.1 Å². The van der Waals surface area contributed by atoms with Crippen molar-refractivity contribution in [1.29, 1.82) is 0 Å². The Kier molecular flexibility index (Phi) is 9.93. The first kappa shape index (κ1) is 39.9. The lowest BCUT2D eigenvalue weighted by Crippen LogP contribution is -2.52. The third-order valence-corrected chi connectivity index (χ3v) is 15.9. The molecule has 2 aromatic heterocycles. The third kappa shape index (κ3) is 7.47. The van der Waals surface area contributed by atoms with E-state index in [1.807, 2.05) is 47.3 Å². The van der Waals surface area contributed by atoms with Crippen molar-refractivity contribution in [3.8, 4) is 5.75 Å². The zero-order chi connectivity index (χ0) is 42.9. The largest absolute Gasteiger partial charge is 0.492 e. The SMILES string of the molecule is O=C1CC[C@H](N2Cc3cc(N4CC[C@@H](CN5CCC6(CC5)CCN(c5cccc(S(=O)(=O)Nc7noc8cc(Cn9cccn9)c9c(c78)OCC9)c5)CC6)C4)ccc3C2=O)C(=O)N1. The molecule has 16 nitrogen and oxygen atoms in total. The third-order valence-electron chi connectivity index (χ3n) is 14.5. The molecule has 1 spiro atoms. The molecule has 5 aromatic rings. The highest BCUT2D eigenvalue weighted by molar-refractivity contribution is 7.92. The van der Waals surface area contributed by atoms with Gasteiger partial charge in [-0.05, 0) is 123 Å². The van der Waals surface area contributed by atoms with Crippen molar-refractivity contribution >= 4 is 55.9 Å². The summed E-state index contributed by atoms with van der Waals surface area (Å²) in [7, 11) is -3.99. The highest BCUT2D eigenvalue weighted by Gasteiger charge is 2.41. The number of nitrogens with one attached hydrogen (secondary N) is 2. The average molecular weight is 874 g/mol. The number of hydrogen-bond acceptors (Lipinski definition) is 12. The Morgan fingerprint density at radius 3 is 2.52 bits per heavy atom. The van der Waals surface area contributed by atoms with E-state index in [9.17, 15) is 22.8 Å². The normalized spacial score (nSPS) is 22.5. The van der Waals surface area contributed by atoms with E-state index in [-0.39, 0.29) is 34.9 Å². The van der Waals surface area contributed by atoms with Crippen LogP contribution in [-0.2, 0) is 39.1 Å². The molecular formula is C46H51N9O7S. The minimum absolute atomic E-state index is 0.120. The quantitative estimate of drug-likeness (QED) is 0.184. The Hall–Kier alpha value is -5.94. The number of hydrogen-bond donors (Lipinski definition) is 2. The van der Waals surface area contributed by atoms with Gasteiger partial charge < -0.3 is 28.9 Å². The summed E-state index contributed by atoms with van der Waals surface area (Å²) in [4.78, 5) is 46.6. The number of imide groups is 1. The van der Waals surface area contributed by atoms with Gasteiger partial charge in [-0.3, -0.25) is 29.1 Å². The van der Waals surface area contributed by atoms with Gasteiger partial charge >= 0.3 is 0 Å². The van der Waals surface area contributed by atoms with Crippen LogP contribution in [0, 0.1) is 11.3 Å². The van der Waals surface area contributed by atoms with Crippen LogP contribution in [0.4, 0.5) is 17.2 Å². The number of nitrogens with zero attached hydrogens (tertiary/aromatic N) is 7. The Bertz CT molecular complexity index is 2720. The van der Waals surface area contributed by atoms with Crippen LogP contribution in [-0.4, -0.2) is 109 Å². The van der Waals surface area contributed by atoms with E-state index < -0.39 is 16.1 Å². The van der Waals surface area contributed by atoms with Crippen LogP contribution in [0.15, 0.2) is 76.4 Å². The number of carbonyl (C=O) groups excluding carboxylic acids is 3. The fourth-order valence-electron chi connectivity index (χ4n) is 11.0. The number of aromatic nitrogens is 3. The predicted octanol–water partition coefficient (Wildman–Crippen LogP) is 4.78. The summed E-state index contributed by atoms with van der Waals surface area (Å²) >= 11 is 0. The number of piperidine rings is 3. The maximum absolute atomic E-state index is 13.9. The monoisotopic (exact) mass is 873 g/mol. The first-order valence-corrected chi connectivity index (χ1v) is 23.7. The van der Waals surface area contributed by atoms with E-state index in [1.165, 1.54) is 12.8 Å². The maximum atomic E-state index is 13.9. The average Bonchev–Trinajstić information content (AvgIpc) is 4.15. The van der Waals surface area contributed by atoms with Crippen molar-refractivity contribution in [3.63, 3.8) is 0 Å². The van der Waals surface area contributed by atoms with Gasteiger partial charge in [0.15, 0.2) is 11.4 Å². The standard InChI is InChI=1S/C46H51N9O7S/c56-40-8-7-38(44(57)48-40)55-29-31-23-34(5-6-37(31)45(55)58)53-17-9-30(27-53)26-51-18-11-46(12-19-51)13-20-52(21-14-46)33-3-1-4-35(25-33)63(59,60)50-43-41-39(62-49-43)24-32(28-54-16-2-15-47-54)36-10-22-61-42(36)41/h1-6,15-16,23-25,30,38H,7-14,17-22,26-29H2,(H,49,50)(H,48,56,57)/t30-,38-/m0/s1. The predicted molar refractivity (Wildman–Crippen MR) is 234 cm³/mol. The van der Waals surface area contributed by atoms with Gasteiger partial charge in [0.25, 0.3) is 15.9 Å². The van der Waals surface area contributed by atoms with E-state index in [4.69, 9.17) is 9.26 Å². The fourth-order valence-corrected chi connectivity index (χ4v) is 12.0. The van der Waals surface area contributed by atoms with Crippen LogP contribution in [0.2, 0.25) is 0 Å². The number of carbonyl (C=O) groups is 3. The number of fused-ring (bicyclic) bond motifs is 4. The van der Waals surface area contributed by atoms with E-state index in [2.05, 4.69) is 41.1 Å². The highest BCUT2D eigenvalue weighted by Crippen LogP contribution is 2.44. The summed E-state index contributed by atoms with van der Waals surface area (Å²) < 4.78 is 44.0. The van der Waals surface area contributed by atoms with Crippen molar-refractivity contribution in [2.75, 3.05) is 66.9 Å². The molecule has 3 aromatic carbocycles. The zero-order valence-electron chi connectivity index (χ0n) is 35.1. The molecule has 6 aliphatic heterocycles. The molecule has 2 N–H and O–H groups in total. The molecule has 11 rings (SSSR count). The lowest BCUT2D eigenvalue weighted by molar-refractivity contribution is -0.136. The van der Waals surface area contributed by atoms with Gasteiger partial charge in [0.05, 0.1) is 18.0 Å². The van der Waals surface area contributed by atoms with Gasteiger partial charge in [-0.1, -0.05) is 11.2 Å². The van der Waals surface area contributed by atoms with Gasteiger partial charge in [-0.15, -0.1) is 0 Å². The lowest BCUT2D eigenvalue weighted by atomic mass is 9.71. The van der Waals surface area contributed by atoms with Crippen molar-refractivity contribution < 1.29 is 32.1 Å². The summed E-state index contributed by atoms with van der Waals surface area (Å²) in [5.74, 6) is 0.492. The molecule has 8 heterocycles. The topological polar surface area (TPSA) is 175 Å². The molecular weight excluding hydrogens is 823 g/mol. The number of benzene rings is 3. The summed E-state index contributed by atoms with van der Waals surface area (Å²) in [5, 5.41) is 11.4. The molecule has 6 aliphatic rings. The Morgan fingerprint density at radius 2 is 1.71 bits per heavy atom. The van der Waals surface area contributed by atoms with Crippen LogP contribution < -0.4 is 24.6 Å². The van der Waals surface area contributed by atoms with Crippen LogP contribution in [0.1, 0.15) is 72.0 Å². The van der Waals surface area contributed by atoms with E-state index in [0.717, 1.165) is 93.1 Å². The molecule has 0 saturated carbocycles. The van der Waals surface area contributed by atoms with Gasteiger partial charge in [-0.2, -0.15) is 5.10 Å². The smallest absolute Gasteiger partial charge is 0.263 e. The number of ether oxygens (including phenoxy) is 1. The number of anilines is 3. The number of likely N-dealkylation sites (tertiary alicyclic amines) is 1. The minimum Gasteiger partial charge on any atom is -0.492 e. The highest BCUT2D eigenvalue weighted by atomic mass is 32.2. The van der Waals surface area contributed by atoms with Crippen molar-refractivity contribution in [2.45, 2.75) is 75.4 Å². The molecule has 3 amide bonds. The molecule has 0 radical (unpaired) electrons. The van der Waals surface area contributed by atoms with Crippen LogP contribution in [0.3, 0.4) is 0 Å². The Morgan fingerprint density at radius 1 is 0.889 bits per heavy atom. The molecule has 0 unspecified atom stereocenters. The zero-order valence-corrected chi connectivity index (χ0v) is 35.9.